The molecule has 1 saturated heterocycles. The highest BCUT2D eigenvalue weighted by molar-refractivity contribution is 9.10. The minimum atomic E-state index is -0.472. The Bertz CT molecular complexity index is 964. The summed E-state index contributed by atoms with van der Waals surface area (Å²) in [4.78, 5) is 26.1. The molecule has 0 aliphatic carbocycles. The van der Waals surface area contributed by atoms with Gasteiger partial charge in [0.25, 0.3) is 11.1 Å². The summed E-state index contributed by atoms with van der Waals surface area (Å²) in [6.07, 6.45) is 1.45. The van der Waals surface area contributed by atoms with Crippen molar-refractivity contribution in [2.45, 2.75) is 6.92 Å². The monoisotopic (exact) mass is 481 g/mol. The van der Waals surface area contributed by atoms with E-state index in [-0.39, 0.29) is 35.4 Å². The molecule has 0 aromatic heterocycles. The van der Waals surface area contributed by atoms with E-state index in [1.54, 1.807) is 19.1 Å². The molecule has 2 aromatic rings. The first-order valence-corrected chi connectivity index (χ1v) is 10.3. The van der Waals surface area contributed by atoms with Gasteiger partial charge in [0.15, 0.2) is 11.5 Å². The Morgan fingerprint density at radius 1 is 1.21 bits per heavy atom. The number of hydrogen-bond acceptors (Lipinski definition) is 6. The summed E-state index contributed by atoms with van der Waals surface area (Å²) in [5.74, 6) is -0.241. The molecule has 29 heavy (non-hydrogen) atoms. The van der Waals surface area contributed by atoms with Gasteiger partial charge in [0, 0.05) is 10.0 Å². The molecule has 2 aromatic carbocycles. The van der Waals surface area contributed by atoms with Gasteiger partial charge in [-0.1, -0.05) is 15.9 Å². The van der Waals surface area contributed by atoms with Crippen LogP contribution in [0.1, 0.15) is 12.5 Å². The third-order valence-electron chi connectivity index (χ3n) is 3.93. The van der Waals surface area contributed by atoms with Crippen molar-refractivity contribution in [1.82, 2.24) is 4.90 Å². The van der Waals surface area contributed by atoms with E-state index in [2.05, 4.69) is 15.9 Å². The molecule has 3 rings (SSSR count). The van der Waals surface area contributed by atoms with Crippen molar-refractivity contribution in [3.8, 4) is 17.2 Å². The van der Waals surface area contributed by atoms with Crippen molar-refractivity contribution in [3.05, 3.63) is 57.2 Å². The Labute approximate surface area is 179 Å². The van der Waals surface area contributed by atoms with Crippen molar-refractivity contribution < 1.29 is 28.6 Å². The molecule has 0 saturated carbocycles. The summed E-state index contributed by atoms with van der Waals surface area (Å²) >= 11 is 4.12. The van der Waals surface area contributed by atoms with Crippen molar-refractivity contribution in [3.63, 3.8) is 0 Å². The van der Waals surface area contributed by atoms with Gasteiger partial charge in [-0.3, -0.25) is 14.5 Å². The number of phenolic OH excluding ortho intramolecular Hbond substituents is 1. The minimum absolute atomic E-state index is 0.0496. The van der Waals surface area contributed by atoms with Crippen LogP contribution in [0.4, 0.5) is 9.18 Å². The Balaban J connectivity index is 1.70. The van der Waals surface area contributed by atoms with Crippen LogP contribution in [0.15, 0.2) is 45.8 Å². The number of aromatic hydroxyl groups is 1. The number of carbonyl (C=O) groups is 2. The second-order valence-electron chi connectivity index (χ2n) is 5.91. The highest BCUT2D eigenvalue weighted by atomic mass is 79.9. The third-order valence-corrected chi connectivity index (χ3v) is 5.29. The molecule has 0 bridgehead atoms. The maximum Gasteiger partial charge on any atom is 0.293 e. The average molecular weight is 482 g/mol. The number of benzene rings is 2. The minimum Gasteiger partial charge on any atom is -0.504 e. The van der Waals surface area contributed by atoms with Crippen molar-refractivity contribution in [2.75, 3.05) is 19.8 Å². The van der Waals surface area contributed by atoms with Crippen LogP contribution in [-0.2, 0) is 4.79 Å². The molecule has 1 aliphatic heterocycles. The van der Waals surface area contributed by atoms with Crippen LogP contribution in [0, 0.1) is 5.82 Å². The normalized spacial score (nSPS) is 15.3. The van der Waals surface area contributed by atoms with Gasteiger partial charge in [0.1, 0.15) is 18.2 Å². The Hall–Kier alpha value is -2.52. The number of phenols is 1. The second kappa shape index (κ2) is 9.32. The standard InChI is InChI=1S/C20H17BrFNO5S/c1-2-27-16-11-13(21)9-12(18(16)24)10-17-19(25)23(20(26)29-17)7-8-28-15-5-3-14(22)4-6-15/h3-6,9-11,24H,2,7-8H2,1H3/b17-10-. The van der Waals surface area contributed by atoms with E-state index in [1.165, 1.54) is 30.3 Å². The van der Waals surface area contributed by atoms with Gasteiger partial charge in [-0.05, 0) is 61.2 Å². The molecular weight excluding hydrogens is 465 g/mol. The topological polar surface area (TPSA) is 76.1 Å². The molecular formula is C20H17BrFNO5S. The molecule has 9 heteroatoms. The number of ether oxygens (including phenoxy) is 2. The summed E-state index contributed by atoms with van der Waals surface area (Å²) in [6, 6.07) is 8.71. The Morgan fingerprint density at radius 2 is 1.93 bits per heavy atom. The average Bonchev–Trinajstić information content (AvgIpc) is 2.94. The molecule has 0 unspecified atom stereocenters. The van der Waals surface area contributed by atoms with Gasteiger partial charge in [0.2, 0.25) is 0 Å². The van der Waals surface area contributed by atoms with Crippen LogP contribution in [0.5, 0.6) is 17.2 Å². The summed E-state index contributed by atoms with van der Waals surface area (Å²) in [5, 5.41) is 9.93. The number of carbonyl (C=O) groups excluding carboxylic acids is 2. The SMILES string of the molecule is CCOc1cc(Br)cc(/C=C2\SC(=O)N(CCOc3ccc(F)cc3)C2=O)c1O. The molecule has 1 N–H and O–H groups in total. The van der Waals surface area contributed by atoms with Crippen LogP contribution in [0.25, 0.3) is 6.08 Å². The predicted molar refractivity (Wildman–Crippen MR) is 112 cm³/mol. The van der Waals surface area contributed by atoms with Gasteiger partial charge < -0.3 is 14.6 Å². The van der Waals surface area contributed by atoms with Crippen LogP contribution < -0.4 is 9.47 Å². The van der Waals surface area contributed by atoms with Crippen LogP contribution in [0.3, 0.4) is 0 Å². The Kier molecular flexibility index (Phi) is 6.81. The number of rotatable bonds is 7. The van der Waals surface area contributed by atoms with Crippen molar-refractivity contribution >= 4 is 44.9 Å². The van der Waals surface area contributed by atoms with E-state index in [0.717, 1.165) is 16.7 Å². The molecule has 0 radical (unpaired) electrons. The van der Waals surface area contributed by atoms with Crippen molar-refractivity contribution in [1.29, 1.82) is 0 Å². The van der Waals surface area contributed by atoms with Gasteiger partial charge in [-0.25, -0.2) is 4.39 Å². The number of imide groups is 1. The molecule has 0 spiro atoms. The van der Waals surface area contributed by atoms with Gasteiger partial charge in [-0.15, -0.1) is 0 Å². The number of hydrogen-bond donors (Lipinski definition) is 1. The molecule has 6 nitrogen and oxygen atoms in total. The molecule has 0 atom stereocenters. The quantitative estimate of drug-likeness (QED) is 0.572. The molecule has 1 aliphatic rings. The van der Waals surface area contributed by atoms with Crippen molar-refractivity contribution in [2.24, 2.45) is 0 Å². The van der Waals surface area contributed by atoms with Gasteiger partial charge in [-0.2, -0.15) is 0 Å². The first-order chi connectivity index (χ1) is 13.9. The number of amides is 2. The zero-order valence-corrected chi connectivity index (χ0v) is 17.8. The fourth-order valence-corrected chi connectivity index (χ4v) is 3.90. The van der Waals surface area contributed by atoms with Gasteiger partial charge >= 0.3 is 0 Å². The van der Waals surface area contributed by atoms with Crippen LogP contribution >= 0.6 is 27.7 Å². The van der Waals surface area contributed by atoms with Gasteiger partial charge in [0.05, 0.1) is 18.1 Å². The van der Waals surface area contributed by atoms with E-state index < -0.39 is 11.1 Å². The Morgan fingerprint density at radius 3 is 2.62 bits per heavy atom. The predicted octanol–water partition coefficient (Wildman–Crippen LogP) is 4.81. The second-order valence-corrected chi connectivity index (χ2v) is 7.82. The zero-order valence-electron chi connectivity index (χ0n) is 15.4. The zero-order chi connectivity index (χ0) is 21.0. The summed E-state index contributed by atoms with van der Waals surface area (Å²) in [7, 11) is 0. The lowest BCUT2D eigenvalue weighted by Gasteiger charge is -2.13. The first kappa shape index (κ1) is 21.2. The third kappa shape index (κ3) is 5.10. The summed E-state index contributed by atoms with van der Waals surface area (Å²) in [5.41, 5.74) is 0.357. The molecule has 152 valence electrons. The fraction of sp³-hybridized carbons (Fsp3) is 0.200. The first-order valence-electron chi connectivity index (χ1n) is 8.68. The summed E-state index contributed by atoms with van der Waals surface area (Å²) in [6.45, 7) is 2.29. The lowest BCUT2D eigenvalue weighted by molar-refractivity contribution is -0.123. The lowest BCUT2D eigenvalue weighted by atomic mass is 10.1. The summed E-state index contributed by atoms with van der Waals surface area (Å²) < 4.78 is 24.4. The maximum absolute atomic E-state index is 12.9. The van der Waals surface area contributed by atoms with E-state index in [1.807, 2.05) is 0 Å². The molecule has 2 amide bonds. The van der Waals surface area contributed by atoms with E-state index in [0.29, 0.717) is 22.4 Å². The molecule has 1 fully saturated rings. The highest BCUT2D eigenvalue weighted by Gasteiger charge is 2.35. The smallest absolute Gasteiger partial charge is 0.293 e. The fourth-order valence-electron chi connectivity index (χ4n) is 2.59. The molecule has 1 heterocycles. The lowest BCUT2D eigenvalue weighted by Crippen LogP contribution is -2.32. The van der Waals surface area contributed by atoms with E-state index in [4.69, 9.17) is 9.47 Å². The van der Waals surface area contributed by atoms with Crippen LogP contribution in [-0.4, -0.2) is 40.9 Å². The van der Waals surface area contributed by atoms with E-state index >= 15 is 0 Å². The van der Waals surface area contributed by atoms with Crippen LogP contribution in [0.2, 0.25) is 0 Å². The number of thioether (sulfide) groups is 1. The number of nitrogens with zero attached hydrogens (tertiary/aromatic N) is 1. The number of halogens is 2. The van der Waals surface area contributed by atoms with E-state index in [9.17, 15) is 19.1 Å². The highest BCUT2D eigenvalue weighted by Crippen LogP contribution is 2.38. The largest absolute Gasteiger partial charge is 0.504 e. The maximum atomic E-state index is 12.9.